The second-order valence-electron chi connectivity index (χ2n) is 5.60. The molecule has 0 saturated heterocycles. The van der Waals surface area contributed by atoms with Crippen LogP contribution in [0.3, 0.4) is 0 Å². The Kier molecular flexibility index (Phi) is 4.74. The first-order chi connectivity index (χ1) is 13.1. The van der Waals surface area contributed by atoms with Gasteiger partial charge in [0.2, 0.25) is 5.89 Å². The summed E-state index contributed by atoms with van der Waals surface area (Å²) in [5, 5.41) is 20.6. The van der Waals surface area contributed by atoms with Crippen molar-refractivity contribution in [1.29, 1.82) is 0 Å². The first-order valence-corrected chi connectivity index (χ1v) is 9.22. The van der Waals surface area contributed by atoms with Gasteiger partial charge in [-0.05, 0) is 18.2 Å². The van der Waals surface area contributed by atoms with Gasteiger partial charge in [-0.25, -0.2) is 4.98 Å². The molecule has 0 N–H and O–H groups in total. The van der Waals surface area contributed by atoms with E-state index in [2.05, 4.69) is 15.2 Å². The Morgan fingerprint density at radius 3 is 2.81 bits per heavy atom. The third-order valence-corrected chi connectivity index (χ3v) is 5.01. The Balaban J connectivity index is 1.53. The van der Waals surface area contributed by atoms with E-state index < -0.39 is 4.92 Å². The smallest absolute Gasteiger partial charge is 0.277 e. The zero-order valence-electron chi connectivity index (χ0n) is 13.7. The molecule has 4 aromatic rings. The number of rotatable bonds is 5. The van der Waals surface area contributed by atoms with E-state index in [1.54, 1.807) is 12.1 Å². The lowest BCUT2D eigenvalue weighted by Crippen LogP contribution is -1.88. The van der Waals surface area contributed by atoms with E-state index in [1.165, 1.54) is 23.9 Å². The molecule has 0 atom stereocenters. The van der Waals surface area contributed by atoms with Crippen LogP contribution in [0.15, 0.2) is 64.2 Å². The third-order valence-electron chi connectivity index (χ3n) is 3.81. The van der Waals surface area contributed by atoms with Crippen molar-refractivity contribution >= 4 is 40.0 Å². The SMILES string of the molecule is O=[N+]([O-])c1cccc(-c2nnc(SCc3cc4ccccc4nc3Cl)o2)c1. The molecule has 134 valence electrons. The Bertz CT molecular complexity index is 1150. The van der Waals surface area contributed by atoms with Gasteiger partial charge < -0.3 is 4.42 Å². The topological polar surface area (TPSA) is 95.0 Å². The van der Waals surface area contributed by atoms with E-state index in [9.17, 15) is 10.1 Å². The standard InChI is InChI=1S/C18H11ClN4O3S/c19-16-13(8-11-4-1-2-7-15(11)20-16)10-27-18-22-21-17(26-18)12-5-3-6-14(9-12)23(24)25/h1-9H,10H2. The number of nitro groups is 1. The van der Waals surface area contributed by atoms with Crippen molar-refractivity contribution in [3.8, 4) is 11.5 Å². The van der Waals surface area contributed by atoms with Crippen LogP contribution in [0.2, 0.25) is 5.15 Å². The van der Waals surface area contributed by atoms with Gasteiger partial charge in [0.1, 0.15) is 5.15 Å². The highest BCUT2D eigenvalue weighted by molar-refractivity contribution is 7.98. The first-order valence-electron chi connectivity index (χ1n) is 7.85. The molecular formula is C18H11ClN4O3S. The summed E-state index contributed by atoms with van der Waals surface area (Å²) in [6, 6.07) is 15.8. The molecule has 0 spiro atoms. The molecular weight excluding hydrogens is 388 g/mol. The Labute approximate surface area is 162 Å². The average molecular weight is 399 g/mol. The molecule has 0 saturated carbocycles. The molecule has 27 heavy (non-hydrogen) atoms. The van der Waals surface area contributed by atoms with Gasteiger partial charge in [-0.2, -0.15) is 0 Å². The minimum atomic E-state index is -0.468. The predicted octanol–water partition coefficient (Wildman–Crippen LogP) is 5.14. The highest BCUT2D eigenvalue weighted by Crippen LogP contribution is 2.30. The van der Waals surface area contributed by atoms with Gasteiger partial charge in [0.05, 0.1) is 10.4 Å². The van der Waals surface area contributed by atoms with Gasteiger partial charge >= 0.3 is 0 Å². The summed E-state index contributed by atoms with van der Waals surface area (Å²) in [6.07, 6.45) is 0. The summed E-state index contributed by atoms with van der Waals surface area (Å²) >= 11 is 7.59. The number of fused-ring (bicyclic) bond motifs is 1. The number of non-ortho nitro benzene ring substituents is 1. The quantitative estimate of drug-likeness (QED) is 0.199. The number of hydrogen-bond acceptors (Lipinski definition) is 7. The minimum Gasteiger partial charge on any atom is -0.411 e. The van der Waals surface area contributed by atoms with Crippen LogP contribution >= 0.6 is 23.4 Å². The molecule has 4 rings (SSSR count). The van der Waals surface area contributed by atoms with Crippen LogP contribution in [0.1, 0.15) is 5.56 Å². The zero-order valence-corrected chi connectivity index (χ0v) is 15.3. The van der Waals surface area contributed by atoms with Crippen molar-refractivity contribution in [2.75, 3.05) is 0 Å². The van der Waals surface area contributed by atoms with Crippen molar-refractivity contribution in [2.45, 2.75) is 11.0 Å². The molecule has 9 heteroatoms. The highest BCUT2D eigenvalue weighted by Gasteiger charge is 2.14. The Morgan fingerprint density at radius 1 is 1.11 bits per heavy atom. The van der Waals surface area contributed by atoms with Crippen molar-refractivity contribution in [3.63, 3.8) is 0 Å². The van der Waals surface area contributed by atoms with Crippen LogP contribution in [0.4, 0.5) is 5.69 Å². The largest absolute Gasteiger partial charge is 0.411 e. The molecule has 7 nitrogen and oxygen atoms in total. The van der Waals surface area contributed by atoms with E-state index in [0.717, 1.165) is 16.5 Å². The molecule has 0 bridgehead atoms. The number of hydrogen-bond donors (Lipinski definition) is 0. The number of halogens is 1. The normalized spacial score (nSPS) is 11.0. The van der Waals surface area contributed by atoms with Crippen molar-refractivity contribution < 1.29 is 9.34 Å². The summed E-state index contributed by atoms with van der Waals surface area (Å²) in [5.74, 6) is 0.733. The van der Waals surface area contributed by atoms with E-state index in [4.69, 9.17) is 16.0 Å². The van der Waals surface area contributed by atoms with Crippen LogP contribution in [0, 0.1) is 10.1 Å². The molecule has 0 unspecified atom stereocenters. The monoisotopic (exact) mass is 398 g/mol. The number of para-hydroxylation sites is 1. The maximum absolute atomic E-state index is 10.9. The zero-order chi connectivity index (χ0) is 18.8. The number of nitro benzene ring substituents is 1. The Hall–Kier alpha value is -2.97. The van der Waals surface area contributed by atoms with Crippen LogP contribution in [0.5, 0.6) is 0 Å². The van der Waals surface area contributed by atoms with Gasteiger partial charge in [-0.15, -0.1) is 10.2 Å². The summed E-state index contributed by atoms with van der Waals surface area (Å²) in [4.78, 5) is 14.8. The number of benzene rings is 2. The van der Waals surface area contributed by atoms with Gasteiger partial charge in [-0.1, -0.05) is 47.6 Å². The maximum atomic E-state index is 10.9. The summed E-state index contributed by atoms with van der Waals surface area (Å²) in [7, 11) is 0. The molecule has 2 aromatic heterocycles. The lowest BCUT2D eigenvalue weighted by Gasteiger charge is -2.04. The summed E-state index contributed by atoms with van der Waals surface area (Å²) in [6.45, 7) is 0. The van der Waals surface area contributed by atoms with Crippen molar-refractivity contribution in [2.24, 2.45) is 0 Å². The number of nitrogens with zero attached hydrogens (tertiary/aromatic N) is 4. The second kappa shape index (κ2) is 7.34. The molecule has 2 aromatic carbocycles. The number of thioether (sulfide) groups is 1. The summed E-state index contributed by atoms with van der Waals surface area (Å²) < 4.78 is 5.61. The van der Waals surface area contributed by atoms with Crippen molar-refractivity contribution in [3.05, 3.63) is 75.4 Å². The van der Waals surface area contributed by atoms with E-state index in [0.29, 0.717) is 21.7 Å². The fourth-order valence-electron chi connectivity index (χ4n) is 2.51. The lowest BCUT2D eigenvalue weighted by atomic mass is 10.2. The lowest BCUT2D eigenvalue weighted by molar-refractivity contribution is -0.384. The maximum Gasteiger partial charge on any atom is 0.277 e. The van der Waals surface area contributed by atoms with Crippen LogP contribution in [0.25, 0.3) is 22.4 Å². The first kappa shape index (κ1) is 17.4. The second-order valence-corrected chi connectivity index (χ2v) is 6.88. The molecule has 0 aliphatic rings. The van der Waals surface area contributed by atoms with E-state index in [-0.39, 0.29) is 11.6 Å². The summed E-state index contributed by atoms with van der Waals surface area (Å²) in [5.41, 5.74) is 2.15. The molecule has 2 heterocycles. The van der Waals surface area contributed by atoms with Crippen LogP contribution in [-0.4, -0.2) is 20.1 Å². The highest BCUT2D eigenvalue weighted by atomic mass is 35.5. The van der Waals surface area contributed by atoms with Gasteiger partial charge in [0, 0.05) is 34.4 Å². The molecule has 0 aliphatic heterocycles. The minimum absolute atomic E-state index is 0.0334. The van der Waals surface area contributed by atoms with E-state index in [1.807, 2.05) is 30.3 Å². The Morgan fingerprint density at radius 2 is 1.96 bits per heavy atom. The molecule has 0 radical (unpaired) electrons. The molecule has 0 fully saturated rings. The fourth-order valence-corrected chi connectivity index (χ4v) is 3.54. The van der Waals surface area contributed by atoms with Gasteiger partial charge in [0.25, 0.3) is 10.9 Å². The van der Waals surface area contributed by atoms with Crippen molar-refractivity contribution in [1.82, 2.24) is 15.2 Å². The predicted molar refractivity (Wildman–Crippen MR) is 103 cm³/mol. The van der Waals surface area contributed by atoms with E-state index >= 15 is 0 Å². The number of pyridine rings is 1. The van der Waals surface area contributed by atoms with Gasteiger partial charge in [0.15, 0.2) is 0 Å². The fraction of sp³-hybridized carbons (Fsp3) is 0.0556. The van der Waals surface area contributed by atoms with Crippen LogP contribution in [-0.2, 0) is 5.75 Å². The molecule has 0 aliphatic carbocycles. The molecule has 0 amide bonds. The van der Waals surface area contributed by atoms with Crippen LogP contribution < -0.4 is 0 Å². The number of aromatic nitrogens is 3. The third kappa shape index (κ3) is 3.76. The van der Waals surface area contributed by atoms with Gasteiger partial charge in [-0.3, -0.25) is 10.1 Å². The average Bonchev–Trinajstić information content (AvgIpc) is 3.15.